The maximum atomic E-state index is 13.6. The molecular formula is C26H22F3N3O3S2. The Balaban J connectivity index is 1.28. The first kappa shape index (κ1) is 25.5. The maximum Gasteiger partial charge on any atom is 0.417 e. The van der Waals surface area contributed by atoms with Crippen molar-refractivity contribution >= 4 is 36.6 Å². The number of rotatable bonds is 7. The first-order chi connectivity index (χ1) is 17.6. The van der Waals surface area contributed by atoms with Crippen LogP contribution in [0, 0.1) is 0 Å². The van der Waals surface area contributed by atoms with E-state index in [-0.39, 0.29) is 17.3 Å². The summed E-state index contributed by atoms with van der Waals surface area (Å²) in [5, 5.41) is 0.979. The molecule has 4 heterocycles. The zero-order valence-corrected chi connectivity index (χ0v) is 21.1. The lowest BCUT2D eigenvalue weighted by Gasteiger charge is -2.24. The monoisotopic (exact) mass is 545 g/mol. The zero-order valence-electron chi connectivity index (χ0n) is 19.5. The van der Waals surface area contributed by atoms with E-state index in [0.717, 1.165) is 17.6 Å². The highest BCUT2D eigenvalue weighted by atomic mass is 32.8. The lowest BCUT2D eigenvalue weighted by Crippen LogP contribution is -2.40. The number of furan rings is 1. The average Bonchev–Trinajstić information content (AvgIpc) is 3.55. The zero-order chi connectivity index (χ0) is 26.2. The first-order valence-electron chi connectivity index (χ1n) is 11.6. The van der Waals surface area contributed by atoms with Crippen LogP contribution in [0.25, 0.3) is 22.2 Å². The average molecular weight is 546 g/mol. The van der Waals surface area contributed by atoms with Gasteiger partial charge in [-0.05, 0) is 49.6 Å². The Kier molecular flexibility index (Phi) is 6.86. The molecule has 1 fully saturated rings. The minimum Gasteiger partial charge on any atom is -0.446 e. The Morgan fingerprint density at radius 2 is 1.95 bits per heavy atom. The van der Waals surface area contributed by atoms with Gasteiger partial charge in [0.15, 0.2) is 14.5 Å². The van der Waals surface area contributed by atoms with Crippen molar-refractivity contribution in [2.75, 3.05) is 6.54 Å². The van der Waals surface area contributed by atoms with E-state index in [2.05, 4.69) is 9.97 Å². The minimum absolute atomic E-state index is 0.0916. The van der Waals surface area contributed by atoms with Gasteiger partial charge in [0.1, 0.15) is 5.58 Å². The highest BCUT2D eigenvalue weighted by molar-refractivity contribution is 8.31. The molecule has 5 rings (SSSR count). The molecule has 0 bridgehead atoms. The second kappa shape index (κ2) is 9.96. The smallest absolute Gasteiger partial charge is 0.417 e. The van der Waals surface area contributed by atoms with Crippen LogP contribution in [-0.2, 0) is 37.3 Å². The van der Waals surface area contributed by atoms with Crippen LogP contribution < -0.4 is 0 Å². The fraction of sp³-hybridized carbons (Fsp3) is 0.269. The molecule has 1 saturated heterocycles. The predicted octanol–water partition coefficient (Wildman–Crippen LogP) is 5.60. The molecule has 0 aliphatic carbocycles. The predicted molar refractivity (Wildman–Crippen MR) is 136 cm³/mol. The number of carbonyl (C=O) groups is 1. The van der Waals surface area contributed by atoms with Crippen molar-refractivity contribution in [2.24, 2.45) is 0 Å². The van der Waals surface area contributed by atoms with Crippen LogP contribution in [0.5, 0.6) is 0 Å². The summed E-state index contributed by atoms with van der Waals surface area (Å²) in [5.41, 5.74) is 1.35. The van der Waals surface area contributed by atoms with Crippen LogP contribution in [0.2, 0.25) is 0 Å². The number of alkyl halides is 3. The van der Waals surface area contributed by atoms with Gasteiger partial charge in [0.05, 0.1) is 17.3 Å². The Morgan fingerprint density at radius 1 is 1.14 bits per heavy atom. The quantitative estimate of drug-likeness (QED) is 0.301. The number of ketones is 1. The number of carbonyl (C=O) groups excluding carboxylic acids is 1. The van der Waals surface area contributed by atoms with Gasteiger partial charge in [-0.15, -0.1) is 0 Å². The number of aryl methyl sites for hydroxylation is 1. The van der Waals surface area contributed by atoms with Gasteiger partial charge in [-0.1, -0.05) is 18.2 Å². The summed E-state index contributed by atoms with van der Waals surface area (Å²) in [5.74, 6) is -0.0916. The Morgan fingerprint density at radius 3 is 2.68 bits per heavy atom. The van der Waals surface area contributed by atoms with Gasteiger partial charge >= 0.3 is 6.18 Å². The number of halogens is 3. The maximum absolute atomic E-state index is 13.6. The lowest BCUT2D eigenvalue weighted by molar-refractivity contribution is -0.137. The summed E-state index contributed by atoms with van der Waals surface area (Å²) < 4.78 is 59.5. The van der Waals surface area contributed by atoms with Crippen molar-refractivity contribution in [1.82, 2.24) is 14.3 Å². The number of pyridine rings is 2. The van der Waals surface area contributed by atoms with Crippen LogP contribution in [0.3, 0.4) is 0 Å². The van der Waals surface area contributed by atoms with Gasteiger partial charge in [-0.3, -0.25) is 14.8 Å². The van der Waals surface area contributed by atoms with Crippen molar-refractivity contribution in [3.8, 4) is 11.3 Å². The van der Waals surface area contributed by atoms with E-state index in [9.17, 15) is 22.2 Å². The number of aromatic nitrogens is 2. The fourth-order valence-corrected chi connectivity index (χ4v) is 6.89. The van der Waals surface area contributed by atoms with Crippen LogP contribution in [-0.4, -0.2) is 36.9 Å². The van der Waals surface area contributed by atoms with E-state index < -0.39 is 26.5 Å². The highest BCUT2D eigenvalue weighted by Gasteiger charge is 2.38. The summed E-state index contributed by atoms with van der Waals surface area (Å²) in [6.45, 7) is 0.434. The van der Waals surface area contributed by atoms with E-state index in [1.165, 1.54) is 12.3 Å². The molecule has 0 N–H and O–H groups in total. The molecule has 3 aromatic heterocycles. The molecule has 1 aliphatic heterocycles. The molecule has 1 aromatic carbocycles. The molecule has 37 heavy (non-hydrogen) atoms. The van der Waals surface area contributed by atoms with Crippen molar-refractivity contribution in [2.45, 2.75) is 43.0 Å². The number of nitrogens with zero attached hydrogens (tertiary/aromatic N) is 3. The summed E-state index contributed by atoms with van der Waals surface area (Å²) in [6, 6.07) is 14.0. The Hall–Kier alpha value is -3.15. The van der Waals surface area contributed by atoms with Crippen LogP contribution in [0.4, 0.5) is 13.2 Å². The van der Waals surface area contributed by atoms with Crippen molar-refractivity contribution in [3.63, 3.8) is 0 Å². The van der Waals surface area contributed by atoms with E-state index in [4.69, 9.17) is 15.6 Å². The summed E-state index contributed by atoms with van der Waals surface area (Å²) in [4.78, 5) is 21.4. The van der Waals surface area contributed by atoms with E-state index in [1.54, 1.807) is 28.6 Å². The number of hydrogen-bond donors (Lipinski definition) is 0. The molecule has 0 amide bonds. The highest BCUT2D eigenvalue weighted by Crippen LogP contribution is 2.32. The van der Waals surface area contributed by atoms with E-state index in [1.807, 2.05) is 18.2 Å². The van der Waals surface area contributed by atoms with Gasteiger partial charge < -0.3 is 4.42 Å². The molecule has 1 unspecified atom stereocenters. The molecular weight excluding hydrogens is 523 g/mol. The molecule has 6 nitrogen and oxygen atoms in total. The van der Waals surface area contributed by atoms with Crippen molar-refractivity contribution < 1.29 is 26.6 Å². The van der Waals surface area contributed by atoms with Gasteiger partial charge in [0.25, 0.3) is 0 Å². The Bertz CT molecular complexity index is 1520. The lowest BCUT2D eigenvalue weighted by atomic mass is 10.0. The van der Waals surface area contributed by atoms with Crippen LogP contribution >= 0.6 is 0 Å². The van der Waals surface area contributed by atoms with E-state index in [0.29, 0.717) is 48.3 Å². The standard InChI is InChI=1S/C26H22F3N3O3S2/c27-26(28,29)19-7-9-21(31-16-19)17-11-12-30-20(14-17)8-10-23(33)22-5-3-13-32(22)37(34,36)25-15-18-4-1-2-6-24(18)35-25/h1-2,4,6-7,9,11-12,14-16,22H,3,5,8,10,13H2/t22-,37?/m0/s1. The van der Waals surface area contributed by atoms with Gasteiger partial charge in [-0.2, -0.15) is 13.2 Å². The number of para-hydroxylation sites is 1. The number of fused-ring (bicyclic) bond motifs is 1. The SMILES string of the molecule is O=C(CCc1cc(-c2ccc(C(F)(F)F)cn2)ccn1)[C@@H]1CCCN1S(=O)(=S)c1cc2ccccc2o1. The number of hydrogen-bond acceptors (Lipinski definition) is 6. The summed E-state index contributed by atoms with van der Waals surface area (Å²) in [7, 11) is -3.16. The molecule has 0 radical (unpaired) electrons. The normalized spacial score (nSPS) is 18.2. The molecule has 1 aliphatic rings. The molecule has 0 saturated carbocycles. The Labute approximate surface area is 216 Å². The second-order valence-electron chi connectivity index (χ2n) is 8.81. The summed E-state index contributed by atoms with van der Waals surface area (Å²) in [6.07, 6.45) is -0.407. The van der Waals surface area contributed by atoms with Crippen molar-refractivity contribution in [3.05, 3.63) is 78.2 Å². The van der Waals surface area contributed by atoms with Crippen LogP contribution in [0.1, 0.15) is 30.5 Å². The van der Waals surface area contributed by atoms with Crippen molar-refractivity contribution in [1.29, 1.82) is 0 Å². The molecule has 11 heteroatoms. The van der Waals surface area contributed by atoms with Gasteiger partial charge in [0.2, 0.25) is 5.09 Å². The fourth-order valence-electron chi connectivity index (χ4n) is 4.47. The third-order valence-electron chi connectivity index (χ3n) is 6.37. The third-order valence-corrected chi connectivity index (χ3v) is 9.20. The number of Topliss-reactive ketones (excluding diaryl/α,β-unsaturated/α-hetero) is 1. The summed E-state index contributed by atoms with van der Waals surface area (Å²) >= 11 is 5.51. The minimum atomic E-state index is -4.46. The molecule has 0 spiro atoms. The largest absolute Gasteiger partial charge is 0.446 e. The number of benzene rings is 1. The first-order valence-corrected chi connectivity index (χ1v) is 14.1. The van der Waals surface area contributed by atoms with E-state index >= 15 is 0 Å². The van der Waals surface area contributed by atoms with Gasteiger partial charge in [0, 0.05) is 59.3 Å². The van der Waals surface area contributed by atoms with Crippen LogP contribution in [0.15, 0.2) is 76.5 Å². The molecule has 192 valence electrons. The molecule has 2 atom stereocenters. The topological polar surface area (TPSA) is 76.3 Å². The third kappa shape index (κ3) is 5.29. The second-order valence-corrected chi connectivity index (χ2v) is 12.0. The van der Waals surface area contributed by atoms with Gasteiger partial charge in [-0.25, -0.2) is 8.51 Å². The molecule has 4 aromatic rings.